The van der Waals surface area contributed by atoms with Crippen molar-refractivity contribution in [2.45, 2.75) is 19.8 Å². The van der Waals surface area contributed by atoms with E-state index in [-0.39, 0.29) is 22.6 Å². The number of rotatable bonds is 4. The predicted molar refractivity (Wildman–Crippen MR) is 85.0 cm³/mol. The molecule has 1 amide bonds. The Morgan fingerprint density at radius 3 is 2.74 bits per heavy atom. The van der Waals surface area contributed by atoms with Gasteiger partial charge in [-0.2, -0.15) is 4.98 Å². The van der Waals surface area contributed by atoms with E-state index in [1.807, 2.05) is 30.3 Å². The van der Waals surface area contributed by atoms with Gasteiger partial charge in [-0.05, 0) is 18.4 Å². The Morgan fingerprint density at radius 2 is 2.13 bits per heavy atom. The fourth-order valence-corrected chi connectivity index (χ4v) is 4.23. The number of benzene rings is 1. The molecule has 1 atom stereocenters. The van der Waals surface area contributed by atoms with Gasteiger partial charge < -0.3 is 9.25 Å². The molecule has 1 saturated carbocycles. The molecule has 8 heteroatoms. The highest BCUT2D eigenvalue weighted by atomic mass is 32.3. The van der Waals surface area contributed by atoms with Crippen LogP contribution in [0, 0.1) is 12.8 Å². The van der Waals surface area contributed by atoms with E-state index in [1.165, 1.54) is 0 Å². The van der Waals surface area contributed by atoms with E-state index in [1.54, 1.807) is 6.92 Å². The van der Waals surface area contributed by atoms with E-state index in [2.05, 4.69) is 19.6 Å². The van der Waals surface area contributed by atoms with Crippen LogP contribution >= 0.6 is 10.8 Å². The summed E-state index contributed by atoms with van der Waals surface area (Å²) in [6.07, 6.45) is 1.63. The van der Waals surface area contributed by atoms with Crippen LogP contribution in [0.1, 0.15) is 30.1 Å². The fraction of sp³-hybridized carbons (Fsp3) is 0.267. The molecule has 4 rings (SSSR count). The Hall–Kier alpha value is -2.35. The van der Waals surface area contributed by atoms with E-state index < -0.39 is 10.8 Å². The first-order chi connectivity index (χ1) is 11.1. The van der Waals surface area contributed by atoms with Crippen LogP contribution in [-0.2, 0) is 4.79 Å². The van der Waals surface area contributed by atoms with Crippen molar-refractivity contribution >= 4 is 27.3 Å². The molecule has 1 aromatic carbocycles. The number of nitrogens with zero attached hydrogens (tertiary/aromatic N) is 2. The van der Waals surface area contributed by atoms with Gasteiger partial charge in [0.05, 0.1) is 5.70 Å². The summed E-state index contributed by atoms with van der Waals surface area (Å²) in [5.74, 6) is 0.182. The number of amides is 1. The van der Waals surface area contributed by atoms with Crippen molar-refractivity contribution in [3.63, 3.8) is 0 Å². The third kappa shape index (κ3) is 2.48. The van der Waals surface area contributed by atoms with Crippen molar-refractivity contribution < 1.29 is 13.2 Å². The van der Waals surface area contributed by atoms with Crippen LogP contribution in [0.25, 0.3) is 10.6 Å². The molecule has 2 N–H and O–H groups in total. The van der Waals surface area contributed by atoms with Crippen molar-refractivity contribution in [2.24, 2.45) is 5.92 Å². The maximum atomic E-state index is 15.3. The summed E-state index contributed by atoms with van der Waals surface area (Å²) < 4.78 is 25.6. The lowest BCUT2D eigenvalue weighted by Crippen LogP contribution is -2.41. The molecule has 2 aromatic rings. The fourth-order valence-electron chi connectivity index (χ4n) is 2.40. The van der Waals surface area contributed by atoms with Gasteiger partial charge in [-0.1, -0.05) is 35.5 Å². The predicted octanol–water partition coefficient (Wildman–Crippen LogP) is 2.85. The Morgan fingerprint density at radius 1 is 1.39 bits per heavy atom. The maximum absolute atomic E-state index is 15.3. The highest BCUT2D eigenvalue weighted by Gasteiger charge is 2.48. The standard InChI is InChI=1S/C15H15FN4O2S/c1-9-17-14(18-22-9)13-12(10-5-3-2-4-6-10)19-23(13,16)20-15(21)11-7-8-11/h2-6,11,19H,7-8H2,1H3,(H,20,21). The van der Waals surface area contributed by atoms with E-state index in [0.29, 0.717) is 11.6 Å². The molecule has 2 heterocycles. The number of hydrogen-bond acceptors (Lipinski definition) is 5. The Bertz CT molecular complexity index is 803. The zero-order chi connectivity index (χ0) is 16.0. The molecule has 0 radical (unpaired) electrons. The third-order valence-electron chi connectivity index (χ3n) is 3.73. The molecule has 6 nitrogen and oxygen atoms in total. The minimum absolute atomic E-state index is 0.0778. The number of nitrogens with one attached hydrogen (secondary N) is 2. The van der Waals surface area contributed by atoms with Gasteiger partial charge in [0.15, 0.2) is 0 Å². The molecule has 0 spiro atoms. The van der Waals surface area contributed by atoms with E-state index in [4.69, 9.17) is 4.52 Å². The molecule has 23 heavy (non-hydrogen) atoms. The summed E-state index contributed by atoms with van der Waals surface area (Å²) in [6.45, 7) is 1.64. The minimum atomic E-state index is -3.18. The average Bonchev–Trinajstić information content (AvgIpc) is 3.30. The molecule has 120 valence electrons. The Kier molecular flexibility index (Phi) is 3.15. The van der Waals surface area contributed by atoms with E-state index in [9.17, 15) is 4.79 Å². The summed E-state index contributed by atoms with van der Waals surface area (Å²) in [4.78, 5) is 16.4. The summed E-state index contributed by atoms with van der Waals surface area (Å²) in [5, 5.41) is 3.82. The van der Waals surface area contributed by atoms with Gasteiger partial charge in [0.1, 0.15) is 15.7 Å². The van der Waals surface area contributed by atoms with Gasteiger partial charge in [0.2, 0.25) is 17.6 Å². The zero-order valence-corrected chi connectivity index (χ0v) is 13.2. The quantitative estimate of drug-likeness (QED) is 0.899. The smallest absolute Gasteiger partial charge is 0.234 e. The highest BCUT2D eigenvalue weighted by molar-refractivity contribution is 8.36. The van der Waals surface area contributed by atoms with Gasteiger partial charge >= 0.3 is 0 Å². The lowest BCUT2D eigenvalue weighted by molar-refractivity contribution is -0.120. The highest BCUT2D eigenvalue weighted by Crippen LogP contribution is 2.65. The second kappa shape index (κ2) is 5.09. The van der Waals surface area contributed by atoms with Crippen molar-refractivity contribution in [2.75, 3.05) is 0 Å². The number of carbonyl (C=O) groups excluding carboxylic acids is 1. The molecule has 1 fully saturated rings. The van der Waals surface area contributed by atoms with Gasteiger partial charge in [-0.3, -0.25) is 9.52 Å². The van der Waals surface area contributed by atoms with Gasteiger partial charge in [0.25, 0.3) is 0 Å². The van der Waals surface area contributed by atoms with Crippen LogP contribution in [0.5, 0.6) is 0 Å². The van der Waals surface area contributed by atoms with E-state index >= 15 is 3.89 Å². The number of halogens is 1. The first-order valence-electron chi connectivity index (χ1n) is 7.29. The van der Waals surface area contributed by atoms with Crippen LogP contribution in [0.15, 0.2) is 34.9 Å². The van der Waals surface area contributed by atoms with Crippen molar-refractivity contribution in [1.82, 2.24) is 19.6 Å². The van der Waals surface area contributed by atoms with Gasteiger partial charge in [-0.15, -0.1) is 3.89 Å². The molecule has 1 unspecified atom stereocenters. The molecule has 1 aliphatic heterocycles. The molecule has 1 aromatic heterocycles. The topological polar surface area (TPSA) is 80.0 Å². The normalized spacial score (nSPS) is 26.0. The monoisotopic (exact) mass is 334 g/mol. The summed E-state index contributed by atoms with van der Waals surface area (Å²) >= 11 is 0. The van der Waals surface area contributed by atoms with E-state index in [0.717, 1.165) is 18.4 Å². The van der Waals surface area contributed by atoms with Crippen LogP contribution in [0.3, 0.4) is 0 Å². The molecule has 2 aliphatic rings. The number of aromatic nitrogens is 2. The van der Waals surface area contributed by atoms with Crippen LogP contribution in [-0.4, -0.2) is 16.0 Å². The minimum Gasteiger partial charge on any atom is -0.339 e. The summed E-state index contributed by atoms with van der Waals surface area (Å²) in [6, 6.07) is 9.32. The lowest BCUT2D eigenvalue weighted by Gasteiger charge is -2.43. The van der Waals surface area contributed by atoms with Crippen LogP contribution < -0.4 is 9.44 Å². The molecular formula is C15H15FN4O2S. The number of carbonyl (C=O) groups is 1. The molecule has 0 bridgehead atoms. The second-order valence-corrected chi connectivity index (χ2v) is 7.48. The Labute approximate surface area is 134 Å². The van der Waals surface area contributed by atoms with Gasteiger partial charge in [-0.25, -0.2) is 0 Å². The lowest BCUT2D eigenvalue weighted by atomic mass is 10.1. The van der Waals surface area contributed by atoms with Crippen LogP contribution in [0.2, 0.25) is 0 Å². The number of aryl methyl sites for hydroxylation is 1. The number of hydrogen-bond donors (Lipinski definition) is 2. The molecule has 0 saturated heterocycles. The summed E-state index contributed by atoms with van der Waals surface area (Å²) in [7, 11) is -3.18. The van der Waals surface area contributed by atoms with Crippen molar-refractivity contribution in [3.05, 3.63) is 47.6 Å². The average molecular weight is 334 g/mol. The van der Waals surface area contributed by atoms with Crippen molar-refractivity contribution in [1.29, 1.82) is 0 Å². The largest absolute Gasteiger partial charge is 0.339 e. The first-order valence-corrected chi connectivity index (χ1v) is 8.83. The van der Waals surface area contributed by atoms with Gasteiger partial charge in [0, 0.05) is 12.8 Å². The zero-order valence-electron chi connectivity index (χ0n) is 12.4. The summed E-state index contributed by atoms with van der Waals surface area (Å²) in [5.41, 5.74) is 1.39. The molecular weight excluding hydrogens is 319 g/mol. The third-order valence-corrected chi connectivity index (χ3v) is 5.65. The van der Waals surface area contributed by atoms with Crippen LogP contribution in [0.4, 0.5) is 3.89 Å². The van der Waals surface area contributed by atoms with Crippen molar-refractivity contribution in [3.8, 4) is 0 Å². The maximum Gasteiger partial charge on any atom is 0.234 e. The molecule has 1 aliphatic carbocycles. The second-order valence-electron chi connectivity index (χ2n) is 5.59. The SMILES string of the molecule is Cc1nc(C2=C(c3ccccc3)NS2(F)NC(=O)C2CC2)no1. The Balaban J connectivity index is 1.74. The first kappa shape index (κ1) is 14.3.